The highest BCUT2D eigenvalue weighted by atomic mass is 19.1. The lowest BCUT2D eigenvalue weighted by Crippen LogP contribution is -2.27. The molecule has 4 aromatic rings. The molecule has 1 fully saturated rings. The average Bonchev–Trinajstić information content (AvgIpc) is 3.30. The van der Waals surface area contributed by atoms with Gasteiger partial charge in [0.2, 0.25) is 0 Å². The van der Waals surface area contributed by atoms with Gasteiger partial charge in [0.05, 0.1) is 35.5 Å². The number of rotatable bonds is 4. The highest BCUT2D eigenvalue weighted by Crippen LogP contribution is 2.30. The monoisotopic (exact) mass is 438 g/mol. The van der Waals surface area contributed by atoms with E-state index in [1.807, 2.05) is 0 Å². The van der Waals surface area contributed by atoms with E-state index in [1.165, 1.54) is 35.0 Å². The minimum absolute atomic E-state index is 0.0808. The first-order valence-electron chi connectivity index (χ1n) is 9.97. The Morgan fingerprint density at radius 2 is 1.78 bits per heavy atom. The molecule has 0 amide bonds. The predicted octanol–water partition coefficient (Wildman–Crippen LogP) is 4.58. The van der Waals surface area contributed by atoms with Crippen LogP contribution in [0.25, 0.3) is 22.0 Å². The number of halogens is 3. The van der Waals surface area contributed by atoms with Crippen molar-refractivity contribution in [3.63, 3.8) is 0 Å². The molecule has 5 rings (SSSR count). The standard InChI is InChI=1S/C23H17F3N4O2/c24-14-4-5-20(28-11-14)29-21-9-19-13(10-27-21)8-16(22-17(25)2-1-3-18(22)26)23(31)30(19)15-6-7-32-12-15/h1-5,8-11,15H,6-7,12H2,(H,27,28,29)/t15-/m1/s1. The van der Waals surface area contributed by atoms with Crippen LogP contribution in [-0.4, -0.2) is 27.7 Å². The van der Waals surface area contributed by atoms with Crippen LogP contribution in [-0.2, 0) is 4.74 Å². The van der Waals surface area contributed by atoms with Gasteiger partial charge in [-0.2, -0.15) is 0 Å². The minimum atomic E-state index is -0.815. The molecule has 1 N–H and O–H groups in total. The fourth-order valence-electron chi connectivity index (χ4n) is 3.90. The van der Waals surface area contributed by atoms with Crippen molar-refractivity contribution in [1.82, 2.24) is 14.5 Å². The number of aromatic nitrogens is 3. The molecule has 1 aromatic carbocycles. The zero-order valence-corrected chi connectivity index (χ0v) is 16.7. The van der Waals surface area contributed by atoms with Crippen molar-refractivity contribution >= 4 is 22.5 Å². The Hall–Kier alpha value is -3.72. The molecule has 0 aliphatic carbocycles. The molecule has 162 valence electrons. The molecule has 1 aliphatic heterocycles. The summed E-state index contributed by atoms with van der Waals surface area (Å²) in [5.41, 5.74) is -0.438. The van der Waals surface area contributed by atoms with Gasteiger partial charge in [0, 0.05) is 24.3 Å². The molecule has 0 bridgehead atoms. The lowest BCUT2D eigenvalue weighted by Gasteiger charge is -2.19. The van der Waals surface area contributed by atoms with E-state index in [4.69, 9.17) is 4.74 Å². The molecule has 0 unspecified atom stereocenters. The largest absolute Gasteiger partial charge is 0.379 e. The van der Waals surface area contributed by atoms with Gasteiger partial charge in [-0.15, -0.1) is 0 Å². The van der Waals surface area contributed by atoms with Crippen LogP contribution in [0.1, 0.15) is 12.5 Å². The molecule has 1 atom stereocenters. The number of pyridine rings is 3. The molecule has 4 heterocycles. The third-order valence-corrected chi connectivity index (χ3v) is 5.41. The third kappa shape index (κ3) is 3.60. The van der Waals surface area contributed by atoms with Gasteiger partial charge in [-0.1, -0.05) is 6.07 Å². The zero-order valence-electron chi connectivity index (χ0n) is 16.7. The van der Waals surface area contributed by atoms with Gasteiger partial charge in [0.1, 0.15) is 29.1 Å². The molecule has 32 heavy (non-hydrogen) atoms. The van der Waals surface area contributed by atoms with E-state index in [0.29, 0.717) is 42.2 Å². The van der Waals surface area contributed by atoms with Crippen molar-refractivity contribution in [2.24, 2.45) is 0 Å². The summed E-state index contributed by atoms with van der Waals surface area (Å²) in [5.74, 6) is -1.34. The van der Waals surface area contributed by atoms with Crippen molar-refractivity contribution in [2.45, 2.75) is 12.5 Å². The van der Waals surface area contributed by atoms with Gasteiger partial charge in [0.15, 0.2) is 0 Å². The summed E-state index contributed by atoms with van der Waals surface area (Å²) in [6.07, 6.45) is 3.17. The lowest BCUT2D eigenvalue weighted by molar-refractivity contribution is 0.186. The first-order chi connectivity index (χ1) is 15.5. The summed E-state index contributed by atoms with van der Waals surface area (Å²) in [6, 6.07) is 9.01. The summed E-state index contributed by atoms with van der Waals surface area (Å²) in [6.45, 7) is 0.787. The molecular weight excluding hydrogens is 421 g/mol. The Bertz CT molecular complexity index is 1350. The van der Waals surface area contributed by atoms with Crippen molar-refractivity contribution < 1.29 is 17.9 Å². The van der Waals surface area contributed by atoms with Gasteiger partial charge in [-0.25, -0.2) is 23.1 Å². The second-order valence-electron chi connectivity index (χ2n) is 7.46. The highest BCUT2D eigenvalue weighted by Gasteiger charge is 2.25. The normalized spacial score (nSPS) is 15.9. The SMILES string of the molecule is O=c1c(-c2c(F)cccc2F)cc2cnc(Nc3ccc(F)cn3)cc2n1[C@@H]1CCOC1. The maximum atomic E-state index is 14.5. The number of hydrogen-bond acceptors (Lipinski definition) is 5. The van der Waals surface area contributed by atoms with E-state index in [-0.39, 0.29) is 17.2 Å². The van der Waals surface area contributed by atoms with Gasteiger partial charge >= 0.3 is 0 Å². The summed E-state index contributed by atoms with van der Waals surface area (Å²) >= 11 is 0. The van der Waals surface area contributed by atoms with Crippen LogP contribution in [0.15, 0.2) is 59.7 Å². The molecule has 6 nitrogen and oxygen atoms in total. The predicted molar refractivity (Wildman–Crippen MR) is 113 cm³/mol. The molecule has 1 aliphatic rings. The van der Waals surface area contributed by atoms with E-state index < -0.39 is 23.0 Å². The van der Waals surface area contributed by atoms with E-state index in [1.54, 1.807) is 6.07 Å². The van der Waals surface area contributed by atoms with Gasteiger partial charge in [-0.05, 0) is 36.8 Å². The zero-order chi connectivity index (χ0) is 22.2. The van der Waals surface area contributed by atoms with Crippen LogP contribution in [0.5, 0.6) is 0 Å². The Balaban J connectivity index is 1.70. The smallest absolute Gasteiger partial charge is 0.259 e. The van der Waals surface area contributed by atoms with Crippen LogP contribution in [0.3, 0.4) is 0 Å². The second kappa shape index (κ2) is 8.08. The molecule has 0 radical (unpaired) electrons. The summed E-state index contributed by atoms with van der Waals surface area (Å²) in [5, 5.41) is 3.50. The number of benzene rings is 1. The number of anilines is 2. The fraction of sp³-hybridized carbons (Fsp3) is 0.174. The summed E-state index contributed by atoms with van der Waals surface area (Å²) in [4.78, 5) is 21.7. The van der Waals surface area contributed by atoms with Crippen LogP contribution in [0, 0.1) is 17.5 Å². The van der Waals surface area contributed by atoms with E-state index in [2.05, 4.69) is 15.3 Å². The molecule has 3 aromatic heterocycles. The molecule has 0 saturated carbocycles. The number of ether oxygens (including phenoxy) is 1. The number of fused-ring (bicyclic) bond motifs is 1. The molecular formula is C23H17F3N4O2. The van der Waals surface area contributed by atoms with Crippen LogP contribution in [0.4, 0.5) is 24.8 Å². The van der Waals surface area contributed by atoms with Crippen molar-refractivity contribution in [1.29, 1.82) is 0 Å². The fourth-order valence-corrected chi connectivity index (χ4v) is 3.90. The molecule has 0 spiro atoms. The van der Waals surface area contributed by atoms with Crippen molar-refractivity contribution in [3.8, 4) is 11.1 Å². The Labute approximate surface area is 180 Å². The van der Waals surface area contributed by atoms with Crippen molar-refractivity contribution in [3.05, 3.63) is 82.7 Å². The maximum Gasteiger partial charge on any atom is 0.259 e. The average molecular weight is 438 g/mol. The van der Waals surface area contributed by atoms with Crippen molar-refractivity contribution in [2.75, 3.05) is 18.5 Å². The van der Waals surface area contributed by atoms with E-state index in [0.717, 1.165) is 18.3 Å². The summed E-state index contributed by atoms with van der Waals surface area (Å²) in [7, 11) is 0. The summed E-state index contributed by atoms with van der Waals surface area (Å²) < 4.78 is 49.1. The van der Waals surface area contributed by atoms with Gasteiger partial charge in [-0.3, -0.25) is 4.79 Å². The first kappa shape index (κ1) is 20.2. The van der Waals surface area contributed by atoms with Crippen LogP contribution < -0.4 is 10.9 Å². The highest BCUT2D eigenvalue weighted by molar-refractivity contribution is 5.86. The Morgan fingerprint density at radius 3 is 2.47 bits per heavy atom. The quantitative estimate of drug-likeness (QED) is 0.505. The van der Waals surface area contributed by atoms with E-state index in [9.17, 15) is 18.0 Å². The lowest BCUT2D eigenvalue weighted by atomic mass is 10.0. The van der Waals surface area contributed by atoms with Crippen LogP contribution in [0.2, 0.25) is 0 Å². The van der Waals surface area contributed by atoms with Gasteiger partial charge in [0.25, 0.3) is 5.56 Å². The van der Waals surface area contributed by atoms with Crippen LogP contribution >= 0.6 is 0 Å². The first-order valence-corrected chi connectivity index (χ1v) is 9.97. The van der Waals surface area contributed by atoms with E-state index >= 15 is 0 Å². The Morgan fingerprint density at radius 1 is 1.00 bits per heavy atom. The van der Waals surface area contributed by atoms with Gasteiger partial charge < -0.3 is 14.6 Å². The number of nitrogens with one attached hydrogen (secondary N) is 1. The Kier molecular flexibility index (Phi) is 5.10. The maximum absolute atomic E-state index is 14.5. The topological polar surface area (TPSA) is 69.0 Å². The molecule has 1 saturated heterocycles. The number of hydrogen-bond donors (Lipinski definition) is 1. The second-order valence-corrected chi connectivity index (χ2v) is 7.46. The minimum Gasteiger partial charge on any atom is -0.379 e. The third-order valence-electron chi connectivity index (χ3n) is 5.41. The molecule has 9 heteroatoms. The number of nitrogens with zero attached hydrogens (tertiary/aromatic N) is 3.